The number of carbonyl (C=O) groups excluding carboxylic acids is 3. The molecule has 6 aromatic rings. The van der Waals surface area contributed by atoms with E-state index in [0.29, 0.717) is 29.5 Å². The van der Waals surface area contributed by atoms with Crippen molar-refractivity contribution >= 4 is 23.7 Å². The molecule has 2 aliphatic rings. The molecule has 2 aliphatic heterocycles. The van der Waals surface area contributed by atoms with Gasteiger partial charge < -0.3 is 48.7 Å². The molecule has 2 saturated heterocycles. The zero-order valence-corrected chi connectivity index (χ0v) is 59.1. The third-order valence-electron chi connectivity index (χ3n) is 18.3. The van der Waals surface area contributed by atoms with Gasteiger partial charge in [0.25, 0.3) is 11.1 Å². The molecule has 2 fully saturated rings. The average molecular weight is 1310 g/mol. The predicted molar refractivity (Wildman–Crippen MR) is 372 cm³/mol. The number of rotatable bonds is 28. The van der Waals surface area contributed by atoms with Crippen LogP contribution in [0.2, 0.25) is 0 Å². The van der Waals surface area contributed by atoms with Crippen LogP contribution >= 0.6 is 0 Å². The van der Waals surface area contributed by atoms with Crippen LogP contribution in [0.1, 0.15) is 177 Å². The van der Waals surface area contributed by atoms with Gasteiger partial charge in [-0.1, -0.05) is 39.8 Å². The molecule has 4 atom stereocenters. The highest BCUT2D eigenvalue weighted by Crippen LogP contribution is 2.40. The summed E-state index contributed by atoms with van der Waals surface area (Å²) in [5.74, 6) is -1.87. The summed E-state index contributed by atoms with van der Waals surface area (Å²) >= 11 is 0. The number of ether oxygens (including phenoxy) is 4. The lowest BCUT2D eigenvalue weighted by Crippen LogP contribution is -2.38. The van der Waals surface area contributed by atoms with Crippen molar-refractivity contribution in [2.45, 2.75) is 179 Å². The van der Waals surface area contributed by atoms with Gasteiger partial charge in [0, 0.05) is 61.6 Å². The van der Waals surface area contributed by atoms with Gasteiger partial charge in [0.2, 0.25) is 0 Å². The first kappa shape index (κ1) is 76.2. The van der Waals surface area contributed by atoms with Crippen molar-refractivity contribution in [3.63, 3.8) is 0 Å². The number of Topliss-reactive ketones (excluding diaryl/α,β-unsaturated/α-hetero) is 1. The van der Waals surface area contributed by atoms with E-state index in [0.717, 1.165) is 130 Å². The summed E-state index contributed by atoms with van der Waals surface area (Å²) in [5.41, 5.74) is 18.6. The largest absolute Gasteiger partial charge is 0.496 e. The van der Waals surface area contributed by atoms with E-state index in [1.807, 2.05) is 99.7 Å². The van der Waals surface area contributed by atoms with Gasteiger partial charge in [0.05, 0.1) is 46.3 Å². The molecule has 0 saturated carbocycles. The molecular weight excluding hydrogens is 1210 g/mol. The highest BCUT2D eigenvalue weighted by molar-refractivity contribution is 5.85. The number of nitrogens with two attached hydrogens (primary N) is 1. The minimum atomic E-state index is -0.937. The smallest absolute Gasteiger partial charge is 0.326 e. The maximum Gasteiger partial charge on any atom is 0.326 e. The molecule has 2 unspecified atom stereocenters. The van der Waals surface area contributed by atoms with Crippen molar-refractivity contribution in [1.82, 2.24) is 18.9 Å². The maximum absolute atomic E-state index is 16.1. The van der Waals surface area contributed by atoms with Gasteiger partial charge in [-0.2, -0.15) is 0 Å². The van der Waals surface area contributed by atoms with Crippen molar-refractivity contribution in [3.05, 3.63) is 172 Å². The number of nitrogens with zero attached hydrogens (tertiary/aromatic N) is 4. The Bertz CT molecular complexity index is 3790. The third-order valence-corrected chi connectivity index (χ3v) is 18.3. The van der Waals surface area contributed by atoms with E-state index in [-0.39, 0.29) is 72.6 Å². The van der Waals surface area contributed by atoms with Gasteiger partial charge in [-0.25, -0.2) is 13.6 Å². The maximum atomic E-state index is 16.1. The van der Waals surface area contributed by atoms with Gasteiger partial charge in [-0.05, 0) is 266 Å². The number of benzene rings is 4. The standard InChI is InChI=1S/C39H51FN2O5.C21H26FNO3.C17H26N2O3/c1-9-47-37(45)22-30(32-20-31(18-27(6)39(32)40)38-25(4)11-12-35(46-8)28(38)7)21-34(43)33(17-24(2)3)42-23-29(26(5)19-36(42)44)13-16-41-14-10-15-41;1-6-26-19(24)11-17(23)16-10-15(9-13(3)21(16)22)20-12(2)7-8-18(25-5)14(20)4;1-12(2)9-15(17(21)22)19-11-14(13(3)10-16(19)20)5-8-18-6-4-7-18/h11-12,18-20,23-24,30,33H,9-10,13-17,21-22H2,1-8H3;7-10,17H,6,11,23H2,1-5H3;10-12,15H,4-9H2,1-3H3,(H,21,22)/t30-,33?;17-;/m00./s1. The van der Waals surface area contributed by atoms with E-state index in [9.17, 15) is 38.3 Å². The molecule has 0 amide bonds. The number of aryl methyl sites for hydroxylation is 6. The molecule has 516 valence electrons. The molecule has 95 heavy (non-hydrogen) atoms. The van der Waals surface area contributed by atoms with Crippen LogP contribution in [0.25, 0.3) is 22.3 Å². The number of hydrogen-bond acceptors (Lipinski definition) is 13. The molecule has 0 bridgehead atoms. The quantitative estimate of drug-likeness (QED) is 0.0439. The van der Waals surface area contributed by atoms with E-state index >= 15 is 4.39 Å². The van der Waals surface area contributed by atoms with Crippen molar-refractivity contribution in [2.75, 3.05) is 66.7 Å². The summed E-state index contributed by atoms with van der Waals surface area (Å²) in [6.07, 6.45) is 8.30. The van der Waals surface area contributed by atoms with Crippen LogP contribution in [0.4, 0.5) is 8.78 Å². The van der Waals surface area contributed by atoms with Crippen LogP contribution in [-0.4, -0.2) is 114 Å². The molecule has 18 heteroatoms. The summed E-state index contributed by atoms with van der Waals surface area (Å²) in [7, 11) is 3.24. The molecule has 0 spiro atoms. The molecule has 0 aliphatic carbocycles. The fourth-order valence-corrected chi connectivity index (χ4v) is 12.8. The van der Waals surface area contributed by atoms with Crippen molar-refractivity contribution < 1.29 is 52.0 Å². The van der Waals surface area contributed by atoms with Crippen molar-refractivity contribution in [2.24, 2.45) is 17.6 Å². The first-order chi connectivity index (χ1) is 45.0. The van der Waals surface area contributed by atoms with E-state index in [1.165, 1.54) is 17.4 Å². The number of aliphatic carboxylic acids is 1. The van der Waals surface area contributed by atoms with E-state index in [1.54, 1.807) is 89.1 Å². The number of aromatic nitrogens is 2. The van der Waals surface area contributed by atoms with Gasteiger partial charge in [0.15, 0.2) is 5.78 Å². The Kier molecular flexibility index (Phi) is 28.3. The van der Waals surface area contributed by atoms with E-state index in [2.05, 4.69) is 9.80 Å². The van der Waals surface area contributed by atoms with Crippen LogP contribution in [0, 0.1) is 78.9 Å². The minimum absolute atomic E-state index is 0.0657. The molecule has 4 heterocycles. The van der Waals surface area contributed by atoms with Gasteiger partial charge >= 0.3 is 17.9 Å². The normalized spacial score (nSPS) is 14.3. The molecular formula is C77H103F2N5O11. The number of esters is 2. The van der Waals surface area contributed by atoms with Gasteiger partial charge in [-0.15, -0.1) is 0 Å². The monoisotopic (exact) mass is 1310 g/mol. The molecule has 0 radical (unpaired) electrons. The number of carboxylic acid groups (broad SMARTS) is 1. The number of methoxy groups -OCH3 is 2. The first-order valence-electron chi connectivity index (χ1n) is 33.6. The van der Waals surface area contributed by atoms with E-state index in [4.69, 9.17) is 24.7 Å². The Labute approximate surface area is 561 Å². The van der Waals surface area contributed by atoms with E-state index < -0.39 is 47.8 Å². The number of likely N-dealkylation sites (tertiary alicyclic amines) is 2. The van der Waals surface area contributed by atoms with Crippen LogP contribution in [-0.2, 0) is 41.5 Å². The summed E-state index contributed by atoms with van der Waals surface area (Å²) in [5, 5.41) is 9.46. The number of hydrogen-bond donors (Lipinski definition) is 2. The van der Waals surface area contributed by atoms with Crippen molar-refractivity contribution in [1.29, 1.82) is 0 Å². The molecule has 3 N–H and O–H groups in total. The fraction of sp³-hybridized carbons (Fsp3) is 0.506. The average Bonchev–Trinajstić information content (AvgIpc) is 0.795. The Balaban J connectivity index is 0.000000250. The fourth-order valence-electron chi connectivity index (χ4n) is 12.8. The Morgan fingerprint density at radius 1 is 0.547 bits per heavy atom. The Morgan fingerprint density at radius 3 is 1.36 bits per heavy atom. The van der Waals surface area contributed by atoms with Gasteiger partial charge in [-0.3, -0.25) is 24.0 Å². The molecule has 4 aromatic carbocycles. The highest BCUT2D eigenvalue weighted by atomic mass is 19.1. The number of ketones is 1. The second kappa shape index (κ2) is 35.3. The van der Waals surface area contributed by atoms with Crippen LogP contribution < -0.4 is 26.3 Å². The summed E-state index contributed by atoms with van der Waals surface area (Å²) < 4.78 is 55.0. The molecule has 2 aromatic heterocycles. The van der Waals surface area contributed by atoms with Crippen molar-refractivity contribution in [3.8, 4) is 33.8 Å². The van der Waals surface area contributed by atoms with Gasteiger partial charge in [0.1, 0.15) is 29.2 Å². The second-order valence-electron chi connectivity index (χ2n) is 26.5. The topological polar surface area (TPSA) is 202 Å². The van der Waals surface area contributed by atoms with Crippen LogP contribution in [0.15, 0.2) is 82.6 Å². The lowest BCUT2D eigenvalue weighted by atomic mass is 9.83. The SMILES string of the molecule is CCOC(=O)C[C@H](CC(=O)C(CC(C)C)n1cc(CCN2CCC2)c(C)cc1=O)c1cc(-c2c(C)ccc(OC)c2C)cc(C)c1F.CCOC(=O)C[C@H](N)c1cc(-c2c(C)ccc(OC)c2C)cc(C)c1F.Cc1cc(=O)n(C(CC(C)C)C(=O)O)cc1CCN1CCC1. The number of pyridine rings is 2. The Hall–Kier alpha value is -7.80. The van der Waals surface area contributed by atoms with Crippen LogP contribution in [0.5, 0.6) is 11.5 Å². The summed E-state index contributed by atoms with van der Waals surface area (Å²) in [6, 6.07) is 15.7. The molecule has 16 nitrogen and oxygen atoms in total. The minimum Gasteiger partial charge on any atom is -0.496 e. The third kappa shape index (κ3) is 20.1. The lowest BCUT2D eigenvalue weighted by Gasteiger charge is -2.31. The highest BCUT2D eigenvalue weighted by Gasteiger charge is 2.32. The summed E-state index contributed by atoms with van der Waals surface area (Å²) in [6.45, 7) is 33.4. The van der Waals surface area contributed by atoms with Crippen LogP contribution in [0.3, 0.4) is 0 Å². The zero-order valence-electron chi connectivity index (χ0n) is 59.1. The Morgan fingerprint density at radius 2 is 0.958 bits per heavy atom. The molecule has 8 rings (SSSR count). The summed E-state index contributed by atoms with van der Waals surface area (Å²) in [4.78, 5) is 80.9. The lowest BCUT2D eigenvalue weighted by molar-refractivity contribution is -0.144. The second-order valence-corrected chi connectivity index (χ2v) is 26.5. The number of halogens is 2. The number of carbonyl (C=O) groups is 4. The zero-order chi connectivity index (χ0) is 70.1. The predicted octanol–water partition coefficient (Wildman–Crippen LogP) is 13.9. The first-order valence-corrected chi connectivity index (χ1v) is 33.6. The number of carboxylic acids is 1.